The summed E-state index contributed by atoms with van der Waals surface area (Å²) >= 11 is 7.85. The molecule has 0 aromatic heterocycles. The predicted octanol–water partition coefficient (Wildman–Crippen LogP) is 4.38. The van der Waals surface area contributed by atoms with Crippen LogP contribution in [0.25, 0.3) is 0 Å². The summed E-state index contributed by atoms with van der Waals surface area (Å²) in [6, 6.07) is 7.95. The largest absolute Gasteiger partial charge is 0.478 e. The summed E-state index contributed by atoms with van der Waals surface area (Å²) in [5.41, 5.74) is -0.860. The fourth-order valence-electron chi connectivity index (χ4n) is 3.80. The quantitative estimate of drug-likeness (QED) is 0.804. The summed E-state index contributed by atoms with van der Waals surface area (Å²) in [6.07, 6.45) is 6.66. The fourth-order valence-corrected chi connectivity index (χ4v) is 4.76. The van der Waals surface area contributed by atoms with Crippen LogP contribution in [0.5, 0.6) is 5.75 Å². The van der Waals surface area contributed by atoms with E-state index in [9.17, 15) is 4.79 Å². The zero-order chi connectivity index (χ0) is 16.6. The Morgan fingerprint density at radius 1 is 1.22 bits per heavy atom. The number of amides is 1. The highest BCUT2D eigenvalue weighted by Gasteiger charge is 2.47. The van der Waals surface area contributed by atoms with Crippen molar-refractivity contribution in [2.75, 3.05) is 6.26 Å². The monoisotopic (exact) mass is 353 g/mol. The normalized spacial score (nSPS) is 27.1. The summed E-state index contributed by atoms with van der Waals surface area (Å²) < 4.78 is 5.99. The van der Waals surface area contributed by atoms with Gasteiger partial charge in [0.25, 0.3) is 5.91 Å². The number of hydrogen-bond donors (Lipinski definition) is 0. The van der Waals surface area contributed by atoms with Crippen LogP contribution in [0.2, 0.25) is 5.02 Å². The molecule has 1 aromatic rings. The minimum atomic E-state index is -0.860. The molecule has 2 fully saturated rings. The molecule has 1 aromatic carbocycles. The van der Waals surface area contributed by atoms with Gasteiger partial charge in [0.15, 0.2) is 5.60 Å². The van der Waals surface area contributed by atoms with Crippen molar-refractivity contribution in [1.29, 1.82) is 0 Å². The third kappa shape index (κ3) is 3.48. The van der Waals surface area contributed by atoms with Gasteiger partial charge in [0.1, 0.15) is 5.75 Å². The molecule has 2 bridgehead atoms. The van der Waals surface area contributed by atoms with Gasteiger partial charge in [-0.3, -0.25) is 4.79 Å². The lowest BCUT2D eigenvalue weighted by atomic mass is 9.98. The van der Waals surface area contributed by atoms with Gasteiger partial charge in [0.05, 0.1) is 0 Å². The van der Waals surface area contributed by atoms with Crippen molar-refractivity contribution >= 4 is 29.3 Å². The molecule has 3 nitrogen and oxygen atoms in total. The second-order valence-corrected chi connectivity index (χ2v) is 8.57. The molecule has 5 heteroatoms. The van der Waals surface area contributed by atoms with Crippen molar-refractivity contribution in [3.8, 4) is 5.75 Å². The highest BCUT2D eigenvalue weighted by molar-refractivity contribution is 7.99. The van der Waals surface area contributed by atoms with Crippen LogP contribution in [0.3, 0.4) is 0 Å². The molecule has 3 rings (SSSR count). The first-order chi connectivity index (χ1) is 10.9. The van der Waals surface area contributed by atoms with Gasteiger partial charge in [-0.25, -0.2) is 0 Å². The molecule has 2 saturated heterocycles. The number of carbonyl (C=O) groups excluding carboxylic acids is 1. The van der Waals surface area contributed by atoms with Crippen molar-refractivity contribution < 1.29 is 9.53 Å². The molecular weight excluding hydrogens is 330 g/mol. The van der Waals surface area contributed by atoms with Crippen molar-refractivity contribution in [3.63, 3.8) is 0 Å². The van der Waals surface area contributed by atoms with Gasteiger partial charge >= 0.3 is 0 Å². The number of piperidine rings is 1. The number of nitrogens with zero attached hydrogens (tertiary/aromatic N) is 1. The Labute approximate surface area is 147 Å². The van der Waals surface area contributed by atoms with E-state index in [1.807, 2.05) is 37.7 Å². The van der Waals surface area contributed by atoms with E-state index in [1.165, 1.54) is 0 Å². The maximum absolute atomic E-state index is 13.1. The van der Waals surface area contributed by atoms with Gasteiger partial charge in [0.2, 0.25) is 0 Å². The highest BCUT2D eigenvalue weighted by Crippen LogP contribution is 2.41. The van der Waals surface area contributed by atoms with Crippen LogP contribution in [0.1, 0.15) is 39.5 Å². The van der Waals surface area contributed by atoms with E-state index in [2.05, 4.69) is 11.2 Å². The zero-order valence-corrected chi connectivity index (χ0v) is 15.5. The molecule has 23 heavy (non-hydrogen) atoms. The first kappa shape index (κ1) is 17.0. The maximum atomic E-state index is 13.1. The van der Waals surface area contributed by atoms with Crippen molar-refractivity contribution in [3.05, 3.63) is 29.3 Å². The average Bonchev–Trinajstić information content (AvgIpc) is 2.78. The average molecular weight is 354 g/mol. The molecule has 126 valence electrons. The van der Waals surface area contributed by atoms with Gasteiger partial charge in [-0.2, -0.15) is 11.8 Å². The van der Waals surface area contributed by atoms with E-state index in [-0.39, 0.29) is 5.91 Å². The van der Waals surface area contributed by atoms with Crippen LogP contribution in [0.15, 0.2) is 24.3 Å². The molecule has 0 saturated carbocycles. The molecule has 2 aliphatic heterocycles. The first-order valence-electron chi connectivity index (χ1n) is 8.21. The van der Waals surface area contributed by atoms with Crippen molar-refractivity contribution in [1.82, 2.24) is 4.90 Å². The van der Waals surface area contributed by atoms with Gasteiger partial charge in [-0.15, -0.1) is 0 Å². The lowest BCUT2D eigenvalue weighted by Gasteiger charge is -2.42. The number of rotatable bonds is 4. The Morgan fingerprint density at radius 3 is 2.30 bits per heavy atom. The van der Waals surface area contributed by atoms with Crippen LogP contribution in [-0.4, -0.2) is 40.0 Å². The van der Waals surface area contributed by atoms with Crippen molar-refractivity contribution in [2.45, 2.75) is 62.5 Å². The third-order valence-electron chi connectivity index (χ3n) is 4.96. The molecule has 2 unspecified atom stereocenters. The number of halogens is 1. The Kier molecular flexibility index (Phi) is 4.84. The second-order valence-electron chi connectivity index (χ2n) is 6.99. The summed E-state index contributed by atoms with van der Waals surface area (Å²) in [7, 11) is 0. The molecule has 2 heterocycles. The third-order valence-corrected chi connectivity index (χ3v) is 6.26. The molecule has 0 N–H and O–H groups in total. The molecule has 2 aliphatic rings. The number of carbonyl (C=O) groups is 1. The van der Waals surface area contributed by atoms with Gasteiger partial charge in [-0.1, -0.05) is 11.6 Å². The zero-order valence-electron chi connectivity index (χ0n) is 13.9. The molecule has 0 radical (unpaired) electrons. The number of ether oxygens (including phenoxy) is 1. The summed E-state index contributed by atoms with van der Waals surface area (Å²) in [6.45, 7) is 3.73. The van der Waals surface area contributed by atoms with Gasteiger partial charge in [0, 0.05) is 22.4 Å². The summed E-state index contributed by atoms with van der Waals surface area (Å²) in [4.78, 5) is 15.2. The maximum Gasteiger partial charge on any atom is 0.266 e. The van der Waals surface area contributed by atoms with E-state index in [0.717, 1.165) is 25.7 Å². The molecule has 1 amide bonds. The number of benzene rings is 1. The highest BCUT2D eigenvalue weighted by atomic mass is 35.5. The summed E-state index contributed by atoms with van der Waals surface area (Å²) in [5.74, 6) is 0.790. The Bertz CT molecular complexity index is 561. The van der Waals surface area contributed by atoms with Crippen LogP contribution in [0, 0.1) is 0 Å². The predicted molar refractivity (Wildman–Crippen MR) is 96.4 cm³/mol. The standard InChI is InChI=1S/C18H24ClNO2S/c1-18(2,22-15-8-4-12(19)5-9-15)17(21)20-13-6-7-14(20)11-16(10-13)23-3/h4-5,8-9,13-14,16H,6-7,10-11H2,1-3H3. The number of thioether (sulfide) groups is 1. The first-order valence-corrected chi connectivity index (χ1v) is 9.87. The van der Waals surface area contributed by atoms with E-state index in [1.54, 1.807) is 12.1 Å². The Balaban J connectivity index is 1.73. The Morgan fingerprint density at radius 2 is 1.78 bits per heavy atom. The number of hydrogen-bond acceptors (Lipinski definition) is 3. The Hall–Kier alpha value is -0.870. The molecule has 0 spiro atoms. The smallest absolute Gasteiger partial charge is 0.266 e. The molecule has 0 aliphatic carbocycles. The lowest BCUT2D eigenvalue weighted by Crippen LogP contribution is -2.56. The topological polar surface area (TPSA) is 29.5 Å². The minimum Gasteiger partial charge on any atom is -0.478 e. The van der Waals surface area contributed by atoms with E-state index in [4.69, 9.17) is 16.3 Å². The second kappa shape index (κ2) is 6.56. The van der Waals surface area contributed by atoms with Crippen LogP contribution < -0.4 is 4.74 Å². The minimum absolute atomic E-state index is 0.111. The van der Waals surface area contributed by atoms with Crippen LogP contribution >= 0.6 is 23.4 Å². The SMILES string of the molecule is CSC1CC2CCC(C1)N2C(=O)C(C)(C)Oc1ccc(Cl)cc1. The van der Waals surface area contributed by atoms with Crippen LogP contribution in [0.4, 0.5) is 0 Å². The number of fused-ring (bicyclic) bond motifs is 2. The molecular formula is C18H24ClNO2S. The van der Waals surface area contributed by atoms with E-state index < -0.39 is 5.60 Å². The van der Waals surface area contributed by atoms with Gasteiger partial charge < -0.3 is 9.64 Å². The molecule has 2 atom stereocenters. The summed E-state index contributed by atoms with van der Waals surface area (Å²) in [5, 5.41) is 1.36. The van der Waals surface area contributed by atoms with Crippen LogP contribution in [-0.2, 0) is 4.79 Å². The van der Waals surface area contributed by atoms with Gasteiger partial charge in [-0.05, 0) is 70.1 Å². The van der Waals surface area contributed by atoms with E-state index in [0.29, 0.717) is 28.1 Å². The lowest BCUT2D eigenvalue weighted by molar-refractivity contribution is -0.150. The van der Waals surface area contributed by atoms with Crippen molar-refractivity contribution in [2.24, 2.45) is 0 Å². The fraction of sp³-hybridized carbons (Fsp3) is 0.611. The van der Waals surface area contributed by atoms with E-state index >= 15 is 0 Å².